The van der Waals surface area contributed by atoms with E-state index in [1.54, 1.807) is 6.07 Å². The Bertz CT molecular complexity index is 833. The number of aliphatic carboxylic acids is 1. The second-order valence-corrected chi connectivity index (χ2v) is 5.57. The lowest BCUT2D eigenvalue weighted by Crippen LogP contribution is -2.20. The summed E-state index contributed by atoms with van der Waals surface area (Å²) in [5, 5.41) is 11.3. The fraction of sp³-hybridized carbons (Fsp3) is 0.235. The number of hydrogen-bond acceptors (Lipinski definition) is 2. The Balaban J connectivity index is 2.36. The lowest BCUT2D eigenvalue weighted by Gasteiger charge is -2.12. The van der Waals surface area contributed by atoms with Gasteiger partial charge >= 0.3 is 5.97 Å². The lowest BCUT2D eigenvalue weighted by molar-refractivity contribution is -0.138. The van der Waals surface area contributed by atoms with E-state index in [1.165, 1.54) is 0 Å². The highest BCUT2D eigenvalue weighted by atomic mass is 16.4. The van der Waals surface area contributed by atoms with Crippen molar-refractivity contribution in [1.82, 2.24) is 4.57 Å². The third-order valence-electron chi connectivity index (χ3n) is 3.88. The summed E-state index contributed by atoms with van der Waals surface area (Å²) < 4.78 is 2.26. The molecule has 1 unspecified atom stereocenters. The zero-order valence-electron chi connectivity index (χ0n) is 12.1. The van der Waals surface area contributed by atoms with E-state index in [4.69, 9.17) is 10.8 Å². The number of carboxylic acid groups (broad SMARTS) is 1. The largest absolute Gasteiger partial charge is 0.480 e. The molecule has 108 valence electrons. The molecular formula is C17H18N2O2. The van der Waals surface area contributed by atoms with E-state index in [-0.39, 0.29) is 0 Å². The van der Waals surface area contributed by atoms with Crippen LogP contribution in [0.3, 0.4) is 0 Å². The molecule has 2 aromatic carbocycles. The molecule has 0 radical (unpaired) electrons. The van der Waals surface area contributed by atoms with Crippen molar-refractivity contribution in [1.29, 1.82) is 0 Å². The van der Waals surface area contributed by atoms with Crippen molar-refractivity contribution in [3.05, 3.63) is 48.0 Å². The molecule has 0 saturated heterocycles. The Morgan fingerprint density at radius 1 is 1.10 bits per heavy atom. The number of hydrogen-bond donors (Lipinski definition) is 2. The minimum absolute atomic E-state index is 0.325. The van der Waals surface area contributed by atoms with E-state index < -0.39 is 12.0 Å². The van der Waals surface area contributed by atoms with Crippen molar-refractivity contribution >= 4 is 27.8 Å². The minimum Gasteiger partial charge on any atom is -0.480 e. The Labute approximate surface area is 122 Å². The van der Waals surface area contributed by atoms with Crippen LogP contribution in [0.5, 0.6) is 0 Å². The fourth-order valence-electron chi connectivity index (χ4n) is 2.91. The number of aromatic nitrogens is 1. The molecule has 21 heavy (non-hydrogen) atoms. The standard InChI is InChI=1S/C17H18N2O2/c1-10(2)19-14-6-4-3-5-12(14)13-9-11(7-8-15(13)19)16(18)17(20)21/h3-10,16H,18H2,1-2H3,(H,20,21). The topological polar surface area (TPSA) is 68.2 Å². The van der Waals surface area contributed by atoms with E-state index in [1.807, 2.05) is 24.3 Å². The maximum absolute atomic E-state index is 11.1. The SMILES string of the molecule is CC(C)n1c2ccccc2c2cc(C(N)C(=O)O)ccc21. The number of nitrogens with two attached hydrogens (primary N) is 1. The second-order valence-electron chi connectivity index (χ2n) is 5.57. The van der Waals surface area contributed by atoms with Crippen LogP contribution in [-0.2, 0) is 4.79 Å². The lowest BCUT2D eigenvalue weighted by atomic mass is 10.0. The molecule has 1 atom stereocenters. The van der Waals surface area contributed by atoms with E-state index in [9.17, 15) is 4.79 Å². The van der Waals surface area contributed by atoms with Crippen LogP contribution in [0, 0.1) is 0 Å². The first-order chi connectivity index (χ1) is 10.0. The average Bonchev–Trinajstić information content (AvgIpc) is 2.80. The first kappa shape index (κ1) is 13.6. The van der Waals surface area contributed by atoms with Gasteiger partial charge in [0.2, 0.25) is 0 Å². The van der Waals surface area contributed by atoms with Gasteiger partial charge in [0.15, 0.2) is 0 Å². The number of para-hydroxylation sites is 1. The van der Waals surface area contributed by atoms with Crippen LogP contribution >= 0.6 is 0 Å². The van der Waals surface area contributed by atoms with Crippen molar-refractivity contribution in [2.24, 2.45) is 5.73 Å². The summed E-state index contributed by atoms with van der Waals surface area (Å²) in [7, 11) is 0. The van der Waals surface area contributed by atoms with Crippen molar-refractivity contribution in [3.63, 3.8) is 0 Å². The van der Waals surface area contributed by atoms with Gasteiger partial charge in [-0.05, 0) is 37.6 Å². The smallest absolute Gasteiger partial charge is 0.325 e. The van der Waals surface area contributed by atoms with Crippen LogP contribution in [0.25, 0.3) is 21.8 Å². The summed E-state index contributed by atoms with van der Waals surface area (Å²) >= 11 is 0. The molecule has 0 fully saturated rings. The van der Waals surface area contributed by atoms with Gasteiger partial charge in [0.05, 0.1) is 0 Å². The normalized spacial score (nSPS) is 13.1. The minimum atomic E-state index is -1.01. The molecule has 3 aromatic rings. The van der Waals surface area contributed by atoms with Crippen molar-refractivity contribution in [2.45, 2.75) is 25.9 Å². The summed E-state index contributed by atoms with van der Waals surface area (Å²) in [4.78, 5) is 11.1. The van der Waals surface area contributed by atoms with Crippen molar-refractivity contribution < 1.29 is 9.90 Å². The summed E-state index contributed by atoms with van der Waals surface area (Å²) in [6.45, 7) is 4.28. The van der Waals surface area contributed by atoms with Gasteiger partial charge in [-0.25, -0.2) is 0 Å². The number of nitrogens with zero attached hydrogens (tertiary/aromatic N) is 1. The summed E-state index contributed by atoms with van der Waals surface area (Å²) in [6.07, 6.45) is 0. The van der Waals surface area contributed by atoms with Crippen LogP contribution in [0.1, 0.15) is 31.5 Å². The van der Waals surface area contributed by atoms with E-state index >= 15 is 0 Å². The highest BCUT2D eigenvalue weighted by Crippen LogP contribution is 2.33. The first-order valence-electron chi connectivity index (χ1n) is 7.01. The van der Waals surface area contributed by atoms with Gasteiger partial charge in [0.25, 0.3) is 0 Å². The number of fused-ring (bicyclic) bond motifs is 3. The van der Waals surface area contributed by atoms with Crippen molar-refractivity contribution in [2.75, 3.05) is 0 Å². The monoisotopic (exact) mass is 282 g/mol. The molecule has 0 bridgehead atoms. The molecule has 3 N–H and O–H groups in total. The van der Waals surface area contributed by atoms with Crippen LogP contribution in [-0.4, -0.2) is 15.6 Å². The highest BCUT2D eigenvalue weighted by Gasteiger charge is 2.17. The summed E-state index contributed by atoms with van der Waals surface area (Å²) in [5.41, 5.74) is 8.62. The van der Waals surface area contributed by atoms with Gasteiger partial charge in [-0.1, -0.05) is 24.3 Å². The maximum atomic E-state index is 11.1. The predicted molar refractivity (Wildman–Crippen MR) is 84.4 cm³/mol. The molecule has 1 heterocycles. The van der Waals surface area contributed by atoms with Crippen LogP contribution in [0.15, 0.2) is 42.5 Å². The maximum Gasteiger partial charge on any atom is 0.325 e. The van der Waals surface area contributed by atoms with E-state index in [2.05, 4.69) is 30.5 Å². The number of rotatable bonds is 3. The second kappa shape index (κ2) is 4.90. The zero-order valence-corrected chi connectivity index (χ0v) is 12.1. The Morgan fingerprint density at radius 2 is 1.76 bits per heavy atom. The van der Waals surface area contributed by atoms with Gasteiger partial charge in [-0.2, -0.15) is 0 Å². The quantitative estimate of drug-likeness (QED) is 0.773. The van der Waals surface area contributed by atoms with Gasteiger partial charge < -0.3 is 15.4 Å². The van der Waals surface area contributed by atoms with Crippen LogP contribution < -0.4 is 5.73 Å². The summed E-state index contributed by atoms with van der Waals surface area (Å²) in [6, 6.07) is 13.2. The Hall–Kier alpha value is -2.33. The van der Waals surface area contributed by atoms with Gasteiger partial charge in [0, 0.05) is 27.8 Å². The van der Waals surface area contributed by atoms with Crippen LogP contribution in [0.4, 0.5) is 0 Å². The van der Waals surface area contributed by atoms with E-state index in [0.29, 0.717) is 11.6 Å². The molecule has 0 spiro atoms. The Kier molecular flexibility index (Phi) is 3.18. The van der Waals surface area contributed by atoms with Gasteiger partial charge in [0.1, 0.15) is 6.04 Å². The average molecular weight is 282 g/mol. The highest BCUT2D eigenvalue weighted by molar-refractivity contribution is 6.08. The molecule has 3 rings (SSSR count). The fourth-order valence-corrected chi connectivity index (χ4v) is 2.91. The molecule has 4 heteroatoms. The molecule has 0 aliphatic rings. The molecule has 0 aliphatic heterocycles. The summed E-state index contributed by atoms with van der Waals surface area (Å²) in [5.74, 6) is -1.01. The molecule has 0 aliphatic carbocycles. The van der Waals surface area contributed by atoms with E-state index in [0.717, 1.165) is 21.8 Å². The number of carboxylic acids is 1. The molecular weight excluding hydrogens is 264 g/mol. The first-order valence-corrected chi connectivity index (χ1v) is 7.01. The molecule has 0 amide bonds. The third-order valence-corrected chi connectivity index (χ3v) is 3.88. The Morgan fingerprint density at radius 3 is 2.43 bits per heavy atom. The molecule has 1 aromatic heterocycles. The third kappa shape index (κ3) is 2.08. The number of benzene rings is 2. The van der Waals surface area contributed by atoms with Gasteiger partial charge in [-0.3, -0.25) is 4.79 Å². The zero-order chi connectivity index (χ0) is 15.1. The molecule has 4 nitrogen and oxygen atoms in total. The van der Waals surface area contributed by atoms with Gasteiger partial charge in [-0.15, -0.1) is 0 Å². The van der Waals surface area contributed by atoms with Crippen LogP contribution in [0.2, 0.25) is 0 Å². The van der Waals surface area contributed by atoms with Crippen molar-refractivity contribution in [3.8, 4) is 0 Å². The molecule has 0 saturated carbocycles. The predicted octanol–water partition coefficient (Wildman–Crippen LogP) is 3.46. The number of carbonyl (C=O) groups is 1.